The van der Waals surface area contributed by atoms with E-state index in [0.717, 1.165) is 45.4 Å². The van der Waals surface area contributed by atoms with Crippen LogP contribution in [0.25, 0.3) is 0 Å². The monoisotopic (exact) mass is 327 g/mol. The quantitative estimate of drug-likeness (QED) is 0.867. The van der Waals surface area contributed by atoms with Gasteiger partial charge in [-0.3, -0.25) is 9.59 Å². The second-order valence-electron chi connectivity index (χ2n) is 6.61. The summed E-state index contributed by atoms with van der Waals surface area (Å²) in [5.41, 5.74) is 1.21. The van der Waals surface area contributed by atoms with Crippen molar-refractivity contribution in [3.63, 3.8) is 0 Å². The highest BCUT2D eigenvalue weighted by Gasteiger charge is 2.24. The van der Waals surface area contributed by atoms with Crippen LogP contribution in [0.4, 0.5) is 5.69 Å². The highest BCUT2D eigenvalue weighted by Crippen LogP contribution is 2.23. The van der Waals surface area contributed by atoms with Crippen molar-refractivity contribution in [1.82, 2.24) is 9.80 Å². The molecule has 1 atom stereocenters. The van der Waals surface area contributed by atoms with Gasteiger partial charge in [-0.15, -0.1) is 0 Å². The molecule has 0 bridgehead atoms. The number of benzene rings is 1. The SMILES string of the molecule is CN1CCN(C(=O)c2ccccc2NC(=O)[C@H]2CC=CCC2)CC1. The van der Waals surface area contributed by atoms with Gasteiger partial charge in [0, 0.05) is 32.1 Å². The molecule has 0 radical (unpaired) electrons. The minimum Gasteiger partial charge on any atom is -0.336 e. The fourth-order valence-electron chi connectivity index (χ4n) is 3.23. The van der Waals surface area contributed by atoms with Crippen LogP contribution in [-0.2, 0) is 4.79 Å². The fourth-order valence-corrected chi connectivity index (χ4v) is 3.23. The number of allylic oxidation sites excluding steroid dienone is 2. The smallest absolute Gasteiger partial charge is 0.256 e. The average molecular weight is 327 g/mol. The highest BCUT2D eigenvalue weighted by atomic mass is 16.2. The summed E-state index contributed by atoms with van der Waals surface area (Å²) >= 11 is 0. The summed E-state index contributed by atoms with van der Waals surface area (Å²) < 4.78 is 0. The van der Waals surface area contributed by atoms with Gasteiger partial charge >= 0.3 is 0 Å². The lowest BCUT2D eigenvalue weighted by molar-refractivity contribution is -0.120. The second-order valence-corrected chi connectivity index (χ2v) is 6.61. The van der Waals surface area contributed by atoms with Gasteiger partial charge in [0.15, 0.2) is 0 Å². The molecule has 2 amide bonds. The van der Waals surface area contributed by atoms with Crippen molar-refractivity contribution in [1.29, 1.82) is 0 Å². The van der Waals surface area contributed by atoms with Crippen molar-refractivity contribution in [2.45, 2.75) is 19.3 Å². The van der Waals surface area contributed by atoms with Gasteiger partial charge in [-0.25, -0.2) is 0 Å². The maximum atomic E-state index is 12.8. The molecule has 5 nitrogen and oxygen atoms in total. The molecule has 1 aliphatic carbocycles. The Morgan fingerprint density at radius 1 is 1.08 bits per heavy atom. The van der Waals surface area contributed by atoms with Crippen molar-refractivity contribution in [2.24, 2.45) is 5.92 Å². The fraction of sp³-hybridized carbons (Fsp3) is 0.474. The third kappa shape index (κ3) is 3.85. The average Bonchev–Trinajstić information content (AvgIpc) is 2.63. The van der Waals surface area contributed by atoms with E-state index in [1.54, 1.807) is 6.07 Å². The number of carbonyl (C=O) groups excluding carboxylic acids is 2. The number of amides is 2. The van der Waals surface area contributed by atoms with Crippen LogP contribution >= 0.6 is 0 Å². The van der Waals surface area contributed by atoms with E-state index in [0.29, 0.717) is 11.3 Å². The van der Waals surface area contributed by atoms with E-state index in [1.807, 2.05) is 23.1 Å². The maximum absolute atomic E-state index is 12.8. The predicted molar refractivity (Wildman–Crippen MR) is 95.0 cm³/mol. The summed E-state index contributed by atoms with van der Waals surface area (Å²) in [5, 5.41) is 2.98. The summed E-state index contributed by atoms with van der Waals surface area (Å²) in [5.74, 6) is 0.0160. The lowest BCUT2D eigenvalue weighted by atomic mass is 9.93. The molecule has 1 heterocycles. The van der Waals surface area contributed by atoms with Crippen LogP contribution in [0.2, 0.25) is 0 Å². The molecule has 5 heteroatoms. The number of hydrogen-bond acceptors (Lipinski definition) is 3. The van der Waals surface area contributed by atoms with Crippen LogP contribution in [0.5, 0.6) is 0 Å². The van der Waals surface area contributed by atoms with Gasteiger partial charge < -0.3 is 15.1 Å². The van der Waals surface area contributed by atoms with Crippen LogP contribution in [0.1, 0.15) is 29.6 Å². The zero-order chi connectivity index (χ0) is 16.9. The Balaban J connectivity index is 1.71. The minimum absolute atomic E-state index is 0.00166. The number of nitrogens with one attached hydrogen (secondary N) is 1. The first-order valence-electron chi connectivity index (χ1n) is 8.68. The number of rotatable bonds is 3. The molecule has 1 saturated heterocycles. The Kier molecular flexibility index (Phi) is 5.30. The van der Waals surface area contributed by atoms with E-state index >= 15 is 0 Å². The third-order valence-electron chi connectivity index (χ3n) is 4.85. The largest absolute Gasteiger partial charge is 0.336 e. The molecule has 0 aromatic heterocycles. The van der Waals surface area contributed by atoms with E-state index in [1.165, 1.54) is 0 Å². The number of para-hydroxylation sites is 1. The van der Waals surface area contributed by atoms with E-state index < -0.39 is 0 Å². The van der Waals surface area contributed by atoms with E-state index in [2.05, 4.69) is 29.4 Å². The molecule has 0 saturated carbocycles. The molecule has 24 heavy (non-hydrogen) atoms. The van der Waals surface area contributed by atoms with Gasteiger partial charge in [0.25, 0.3) is 5.91 Å². The highest BCUT2D eigenvalue weighted by molar-refractivity contribution is 6.04. The van der Waals surface area contributed by atoms with E-state index in [9.17, 15) is 9.59 Å². The van der Waals surface area contributed by atoms with Crippen molar-refractivity contribution in [3.05, 3.63) is 42.0 Å². The zero-order valence-corrected chi connectivity index (χ0v) is 14.2. The molecule has 1 aliphatic heterocycles. The maximum Gasteiger partial charge on any atom is 0.256 e. The Hall–Kier alpha value is -2.14. The van der Waals surface area contributed by atoms with Crippen LogP contribution in [0.15, 0.2) is 36.4 Å². The molecule has 1 aromatic carbocycles. The first-order valence-corrected chi connectivity index (χ1v) is 8.68. The molecule has 0 spiro atoms. The molecule has 128 valence electrons. The summed E-state index contributed by atoms with van der Waals surface area (Å²) in [6.45, 7) is 3.22. The molecule has 1 fully saturated rings. The molecular weight excluding hydrogens is 302 g/mol. The van der Waals surface area contributed by atoms with Crippen LogP contribution in [-0.4, -0.2) is 54.8 Å². The van der Waals surface area contributed by atoms with Crippen molar-refractivity contribution >= 4 is 17.5 Å². The standard InChI is InChI=1S/C19H25N3O2/c1-21-11-13-22(14-12-21)19(24)16-9-5-6-10-17(16)20-18(23)15-7-3-2-4-8-15/h2-3,5-6,9-10,15H,4,7-8,11-14H2,1H3,(H,20,23)/t15-/m0/s1. The zero-order valence-electron chi connectivity index (χ0n) is 14.2. The number of likely N-dealkylation sites (N-methyl/N-ethyl adjacent to an activating group) is 1. The Labute approximate surface area is 143 Å². The molecule has 0 unspecified atom stereocenters. The van der Waals surface area contributed by atoms with Gasteiger partial charge in [0.05, 0.1) is 11.3 Å². The molecule has 1 N–H and O–H groups in total. The number of carbonyl (C=O) groups is 2. The Morgan fingerprint density at radius 2 is 1.83 bits per heavy atom. The molecule has 1 aromatic rings. The lowest BCUT2D eigenvalue weighted by Crippen LogP contribution is -2.47. The summed E-state index contributed by atoms with van der Waals surface area (Å²) in [4.78, 5) is 29.4. The molecule has 2 aliphatic rings. The number of nitrogens with zero attached hydrogens (tertiary/aromatic N) is 2. The van der Waals surface area contributed by atoms with E-state index in [4.69, 9.17) is 0 Å². The number of anilines is 1. The van der Waals surface area contributed by atoms with Crippen LogP contribution in [0.3, 0.4) is 0 Å². The minimum atomic E-state index is 0.00166. The number of piperazine rings is 1. The first kappa shape index (κ1) is 16.7. The second kappa shape index (κ2) is 7.62. The summed E-state index contributed by atoms with van der Waals surface area (Å²) in [6.07, 6.45) is 6.78. The summed E-state index contributed by atoms with van der Waals surface area (Å²) in [7, 11) is 2.06. The van der Waals surface area contributed by atoms with Gasteiger partial charge in [-0.1, -0.05) is 24.3 Å². The normalized spacial score (nSPS) is 21.5. The Morgan fingerprint density at radius 3 is 2.54 bits per heavy atom. The van der Waals surface area contributed by atoms with Crippen molar-refractivity contribution in [2.75, 3.05) is 38.5 Å². The van der Waals surface area contributed by atoms with Gasteiger partial charge in [0.2, 0.25) is 5.91 Å². The molecule has 3 rings (SSSR count). The topological polar surface area (TPSA) is 52.6 Å². The van der Waals surface area contributed by atoms with Gasteiger partial charge in [-0.2, -0.15) is 0 Å². The number of hydrogen-bond donors (Lipinski definition) is 1. The Bertz CT molecular complexity index is 633. The van der Waals surface area contributed by atoms with Crippen LogP contribution < -0.4 is 5.32 Å². The lowest BCUT2D eigenvalue weighted by Gasteiger charge is -2.32. The van der Waals surface area contributed by atoms with E-state index in [-0.39, 0.29) is 17.7 Å². The van der Waals surface area contributed by atoms with Gasteiger partial charge in [0.1, 0.15) is 0 Å². The summed E-state index contributed by atoms with van der Waals surface area (Å²) in [6, 6.07) is 7.33. The van der Waals surface area contributed by atoms with Crippen molar-refractivity contribution < 1.29 is 9.59 Å². The predicted octanol–water partition coefficient (Wildman–Crippen LogP) is 2.37. The molecular formula is C19H25N3O2. The first-order chi connectivity index (χ1) is 11.6. The van der Waals surface area contributed by atoms with Crippen molar-refractivity contribution in [3.8, 4) is 0 Å². The van der Waals surface area contributed by atoms with Crippen LogP contribution in [0, 0.1) is 5.92 Å². The van der Waals surface area contributed by atoms with Gasteiger partial charge in [-0.05, 0) is 38.4 Å². The third-order valence-corrected chi connectivity index (χ3v) is 4.85.